The summed E-state index contributed by atoms with van der Waals surface area (Å²) in [7, 11) is 0. The van der Waals surface area contributed by atoms with Crippen LogP contribution in [-0.4, -0.2) is 20.7 Å². The summed E-state index contributed by atoms with van der Waals surface area (Å²) in [6, 6.07) is 7.61. The van der Waals surface area contributed by atoms with E-state index in [1.165, 1.54) is 11.3 Å². The fourth-order valence-corrected chi connectivity index (χ4v) is 3.20. The number of hydrogen-bond donors (Lipinski definition) is 1. The molecule has 7 heteroatoms. The van der Waals surface area contributed by atoms with Crippen LogP contribution in [0.25, 0.3) is 10.2 Å². The van der Waals surface area contributed by atoms with Crippen molar-refractivity contribution in [3.63, 3.8) is 0 Å². The normalized spacial score (nSPS) is 11.3. The molecule has 2 aromatic heterocycles. The number of anilines is 1. The van der Waals surface area contributed by atoms with E-state index in [1.54, 1.807) is 6.07 Å². The van der Waals surface area contributed by atoms with Crippen molar-refractivity contribution < 1.29 is 4.79 Å². The molecule has 0 aliphatic heterocycles. The average molecular weight is 335 g/mol. The lowest BCUT2D eigenvalue weighted by Crippen LogP contribution is -2.15. The summed E-state index contributed by atoms with van der Waals surface area (Å²) in [4.78, 5) is 16.5. The van der Waals surface area contributed by atoms with E-state index in [0.29, 0.717) is 10.2 Å². The first-order valence-electron chi connectivity index (χ1n) is 6.91. The van der Waals surface area contributed by atoms with Crippen LogP contribution in [0, 0.1) is 0 Å². The van der Waals surface area contributed by atoms with Crippen molar-refractivity contribution in [1.82, 2.24) is 14.8 Å². The van der Waals surface area contributed by atoms with Crippen LogP contribution in [0.15, 0.2) is 30.5 Å². The van der Waals surface area contributed by atoms with Gasteiger partial charge in [0, 0.05) is 17.3 Å². The van der Waals surface area contributed by atoms with E-state index in [9.17, 15) is 4.79 Å². The lowest BCUT2D eigenvalue weighted by Gasteiger charge is -2.03. The molecule has 0 saturated heterocycles. The summed E-state index contributed by atoms with van der Waals surface area (Å²) < 4.78 is 2.79. The van der Waals surface area contributed by atoms with Crippen LogP contribution in [0.5, 0.6) is 0 Å². The second kappa shape index (κ2) is 6.06. The fourth-order valence-electron chi connectivity index (χ4n) is 2.04. The average Bonchev–Trinajstić information content (AvgIpc) is 3.04. The number of fused-ring (bicyclic) bond motifs is 1. The number of benzene rings is 1. The zero-order valence-electron chi connectivity index (χ0n) is 12.2. The lowest BCUT2D eigenvalue weighted by atomic mass is 10.3. The van der Waals surface area contributed by atoms with Gasteiger partial charge in [0.05, 0.1) is 22.3 Å². The van der Waals surface area contributed by atoms with Gasteiger partial charge in [0.1, 0.15) is 0 Å². The number of aromatic nitrogens is 3. The first-order chi connectivity index (χ1) is 10.5. The highest BCUT2D eigenvalue weighted by atomic mass is 35.5. The van der Waals surface area contributed by atoms with Crippen LogP contribution in [-0.2, 0) is 11.2 Å². The maximum absolute atomic E-state index is 12.1. The fraction of sp³-hybridized carbons (Fsp3) is 0.267. The number of nitrogens with one attached hydrogen (secondary N) is 1. The minimum absolute atomic E-state index is 0.126. The number of rotatable bonds is 4. The molecule has 0 aliphatic carbocycles. The number of amides is 1. The molecule has 3 rings (SSSR count). The molecule has 0 atom stereocenters. The molecule has 0 aliphatic rings. The molecule has 3 aromatic rings. The number of carbonyl (C=O) groups excluding carboxylic acids is 1. The van der Waals surface area contributed by atoms with Gasteiger partial charge in [-0.1, -0.05) is 22.9 Å². The van der Waals surface area contributed by atoms with Gasteiger partial charge in [-0.05, 0) is 38.1 Å². The summed E-state index contributed by atoms with van der Waals surface area (Å²) in [6.45, 7) is 4.09. The van der Waals surface area contributed by atoms with Crippen LogP contribution >= 0.6 is 22.9 Å². The Balaban J connectivity index is 1.69. The van der Waals surface area contributed by atoms with Crippen molar-refractivity contribution >= 4 is 44.2 Å². The third-order valence-corrected chi connectivity index (χ3v) is 4.30. The Kier molecular flexibility index (Phi) is 4.13. The van der Waals surface area contributed by atoms with E-state index < -0.39 is 0 Å². The Morgan fingerprint density at radius 2 is 2.23 bits per heavy atom. The summed E-state index contributed by atoms with van der Waals surface area (Å²) in [5.74, 6) is -0.126. The molecule has 0 spiro atoms. The van der Waals surface area contributed by atoms with E-state index in [2.05, 4.69) is 15.4 Å². The van der Waals surface area contributed by atoms with E-state index in [4.69, 9.17) is 11.6 Å². The molecule has 2 heterocycles. The molecule has 0 bridgehead atoms. The van der Waals surface area contributed by atoms with Gasteiger partial charge in [-0.3, -0.25) is 9.48 Å². The van der Waals surface area contributed by atoms with Gasteiger partial charge in [0.2, 0.25) is 5.91 Å². The van der Waals surface area contributed by atoms with Crippen LogP contribution in [0.1, 0.15) is 25.6 Å². The summed E-state index contributed by atoms with van der Waals surface area (Å²) in [5.41, 5.74) is 1.57. The van der Waals surface area contributed by atoms with Gasteiger partial charge in [0.15, 0.2) is 5.13 Å². The highest BCUT2D eigenvalue weighted by Gasteiger charge is 2.11. The number of nitrogens with zero attached hydrogens (tertiary/aromatic N) is 3. The zero-order valence-corrected chi connectivity index (χ0v) is 13.8. The van der Waals surface area contributed by atoms with E-state index in [1.807, 2.05) is 42.9 Å². The zero-order chi connectivity index (χ0) is 15.7. The second-order valence-electron chi connectivity index (χ2n) is 5.24. The number of hydrogen-bond acceptors (Lipinski definition) is 4. The first kappa shape index (κ1) is 15.0. The van der Waals surface area contributed by atoms with Crippen LogP contribution in [0.3, 0.4) is 0 Å². The van der Waals surface area contributed by atoms with E-state index in [0.717, 1.165) is 15.9 Å². The Bertz CT molecular complexity index is 824. The molecule has 1 aromatic carbocycles. The van der Waals surface area contributed by atoms with Crippen molar-refractivity contribution in [2.75, 3.05) is 5.32 Å². The minimum atomic E-state index is -0.126. The predicted octanol–water partition coefficient (Wildman–Crippen LogP) is 3.91. The third kappa shape index (κ3) is 3.28. The van der Waals surface area contributed by atoms with E-state index >= 15 is 0 Å². The Morgan fingerprint density at radius 1 is 1.41 bits per heavy atom. The Hall–Kier alpha value is -1.92. The number of carbonyl (C=O) groups is 1. The van der Waals surface area contributed by atoms with Gasteiger partial charge < -0.3 is 5.32 Å². The molecule has 22 heavy (non-hydrogen) atoms. The van der Waals surface area contributed by atoms with Crippen molar-refractivity contribution in [3.8, 4) is 0 Å². The molecule has 114 valence electrons. The maximum Gasteiger partial charge on any atom is 0.232 e. The van der Waals surface area contributed by atoms with Crippen molar-refractivity contribution in [3.05, 3.63) is 41.2 Å². The van der Waals surface area contributed by atoms with Crippen molar-refractivity contribution in [1.29, 1.82) is 0 Å². The van der Waals surface area contributed by atoms with Crippen LogP contribution < -0.4 is 5.32 Å². The number of thiazole rings is 1. The molecule has 0 fully saturated rings. The lowest BCUT2D eigenvalue weighted by molar-refractivity contribution is -0.115. The SMILES string of the molecule is CC(C)n1ccc(CC(=O)Nc2nc3ccc(Cl)cc3s2)n1. The topological polar surface area (TPSA) is 59.8 Å². The first-order valence-corrected chi connectivity index (χ1v) is 8.10. The predicted molar refractivity (Wildman–Crippen MR) is 89.6 cm³/mol. The Morgan fingerprint density at radius 3 is 2.95 bits per heavy atom. The standard InChI is InChI=1S/C15H15ClN4OS/c1-9(2)20-6-5-11(19-20)8-14(21)18-15-17-12-4-3-10(16)7-13(12)22-15/h3-7,9H,8H2,1-2H3,(H,17,18,21). The van der Waals surface area contributed by atoms with Crippen molar-refractivity contribution in [2.24, 2.45) is 0 Å². The summed E-state index contributed by atoms with van der Waals surface area (Å²) in [6.07, 6.45) is 2.11. The van der Waals surface area contributed by atoms with E-state index in [-0.39, 0.29) is 18.4 Å². The molecule has 0 unspecified atom stereocenters. The van der Waals surface area contributed by atoms with Gasteiger partial charge in [-0.25, -0.2) is 4.98 Å². The van der Waals surface area contributed by atoms with Gasteiger partial charge in [-0.2, -0.15) is 5.10 Å². The maximum atomic E-state index is 12.1. The van der Waals surface area contributed by atoms with Gasteiger partial charge in [-0.15, -0.1) is 0 Å². The Labute approximate surface area is 136 Å². The molecule has 0 saturated carbocycles. The highest BCUT2D eigenvalue weighted by molar-refractivity contribution is 7.22. The smallest absolute Gasteiger partial charge is 0.232 e. The second-order valence-corrected chi connectivity index (χ2v) is 6.70. The quantitative estimate of drug-likeness (QED) is 0.787. The minimum Gasteiger partial charge on any atom is -0.302 e. The van der Waals surface area contributed by atoms with Crippen LogP contribution in [0.2, 0.25) is 5.02 Å². The third-order valence-electron chi connectivity index (χ3n) is 3.13. The van der Waals surface area contributed by atoms with Crippen LogP contribution in [0.4, 0.5) is 5.13 Å². The monoisotopic (exact) mass is 334 g/mol. The summed E-state index contributed by atoms with van der Waals surface area (Å²) in [5, 5.41) is 8.42. The molecule has 5 nitrogen and oxygen atoms in total. The molecular formula is C15H15ClN4OS. The molecular weight excluding hydrogens is 320 g/mol. The largest absolute Gasteiger partial charge is 0.302 e. The van der Waals surface area contributed by atoms with Gasteiger partial charge >= 0.3 is 0 Å². The van der Waals surface area contributed by atoms with Crippen molar-refractivity contribution in [2.45, 2.75) is 26.3 Å². The number of halogens is 1. The molecule has 1 N–H and O–H groups in total. The molecule has 1 amide bonds. The highest BCUT2D eigenvalue weighted by Crippen LogP contribution is 2.28. The molecule has 0 radical (unpaired) electrons. The summed E-state index contributed by atoms with van der Waals surface area (Å²) >= 11 is 7.36. The van der Waals surface area contributed by atoms with Gasteiger partial charge in [0.25, 0.3) is 0 Å².